The molecule has 11 heteroatoms. The molecule has 0 radical (unpaired) electrons. The van der Waals surface area contributed by atoms with Crippen LogP contribution < -0.4 is 14.2 Å². The van der Waals surface area contributed by atoms with E-state index in [9.17, 15) is 25.2 Å². The number of benzene rings is 2. The average Bonchev–Trinajstić information content (AvgIpc) is 3.28. The van der Waals surface area contributed by atoms with Crippen LogP contribution in [0.5, 0.6) is 23.0 Å². The van der Waals surface area contributed by atoms with Crippen molar-refractivity contribution in [2.45, 2.75) is 50.3 Å². The van der Waals surface area contributed by atoms with E-state index in [2.05, 4.69) is 0 Å². The molecule has 0 aliphatic carbocycles. The Morgan fingerprint density at radius 3 is 2.10 bits per heavy atom. The molecule has 4 rings (SSSR count). The number of methoxy groups -OCH3 is 3. The second-order valence-electron chi connectivity index (χ2n) is 9.63. The molecular weight excluding hydrogens is 512 g/mol. The third-order valence-electron chi connectivity index (χ3n) is 7.09. The third kappa shape index (κ3) is 7.31. The van der Waals surface area contributed by atoms with Crippen LogP contribution in [0, 0.1) is 11.8 Å². The number of aromatic hydroxyl groups is 1. The summed E-state index contributed by atoms with van der Waals surface area (Å²) in [7, 11) is 4.70. The van der Waals surface area contributed by atoms with Crippen LogP contribution in [0.3, 0.4) is 0 Å². The first kappa shape index (κ1) is 30.5. The van der Waals surface area contributed by atoms with Crippen LogP contribution in [0.1, 0.15) is 18.1 Å². The standard InChI is InChI=1S/C21H24O6.C7H14O5/c1-24-18-7-5-13(11-20(18)26-3)8-15-12-27-21(23)16(15)9-14-4-6-17(22)19(10-14)25-2;1-3-5(9)7(11)6(10)4(2-8)12-3/h4-7,10-11,15-16,22H,8-9,12H2,1-3H3;3-11H,2H2,1H3/t15-,16+;/m0./s1. The Labute approximate surface area is 227 Å². The number of aliphatic hydroxyl groups is 4. The number of phenolic OH excluding ortho intramolecular Hbond substituents is 1. The minimum atomic E-state index is -1.24. The lowest BCUT2D eigenvalue weighted by molar-refractivity contribution is -0.224. The first-order chi connectivity index (χ1) is 18.6. The molecule has 2 fully saturated rings. The highest BCUT2D eigenvalue weighted by Crippen LogP contribution is 2.34. The smallest absolute Gasteiger partial charge is 0.309 e. The summed E-state index contributed by atoms with van der Waals surface area (Å²) < 4.78 is 26.1. The Balaban J connectivity index is 0.000000293. The maximum absolute atomic E-state index is 12.3. The number of ether oxygens (including phenoxy) is 5. The molecule has 7 atom stereocenters. The van der Waals surface area contributed by atoms with Gasteiger partial charge in [0.25, 0.3) is 0 Å². The van der Waals surface area contributed by atoms with Crippen molar-refractivity contribution in [1.82, 2.24) is 0 Å². The minimum Gasteiger partial charge on any atom is -0.504 e. The summed E-state index contributed by atoms with van der Waals surface area (Å²) in [5.41, 5.74) is 1.98. The molecule has 216 valence electrons. The van der Waals surface area contributed by atoms with E-state index in [-0.39, 0.29) is 30.2 Å². The van der Waals surface area contributed by atoms with Crippen LogP contribution >= 0.6 is 0 Å². The summed E-state index contributed by atoms with van der Waals surface area (Å²) >= 11 is 0. The summed E-state index contributed by atoms with van der Waals surface area (Å²) in [4.78, 5) is 12.3. The van der Waals surface area contributed by atoms with Gasteiger partial charge in [-0.25, -0.2) is 0 Å². The molecular formula is C28H38O11. The summed E-state index contributed by atoms with van der Waals surface area (Å²) in [6.45, 7) is 1.60. The summed E-state index contributed by atoms with van der Waals surface area (Å²) in [6.07, 6.45) is -3.70. The molecule has 11 nitrogen and oxygen atoms in total. The van der Waals surface area contributed by atoms with Crippen LogP contribution in [0.2, 0.25) is 0 Å². The molecule has 0 amide bonds. The first-order valence-corrected chi connectivity index (χ1v) is 12.7. The van der Waals surface area contributed by atoms with Gasteiger partial charge in [-0.1, -0.05) is 12.1 Å². The van der Waals surface area contributed by atoms with Crippen LogP contribution in [0.4, 0.5) is 0 Å². The maximum atomic E-state index is 12.3. The van der Waals surface area contributed by atoms with Gasteiger partial charge in [-0.2, -0.15) is 0 Å². The molecule has 2 aliphatic heterocycles. The van der Waals surface area contributed by atoms with E-state index < -0.39 is 30.5 Å². The molecule has 5 N–H and O–H groups in total. The fourth-order valence-corrected chi connectivity index (χ4v) is 4.76. The van der Waals surface area contributed by atoms with Gasteiger partial charge in [-0.05, 0) is 55.2 Å². The Kier molecular flexibility index (Phi) is 10.8. The Hall–Kier alpha value is -3.09. The number of aliphatic hydroxyl groups excluding tert-OH is 4. The van der Waals surface area contributed by atoms with Crippen molar-refractivity contribution in [3.63, 3.8) is 0 Å². The van der Waals surface area contributed by atoms with Crippen molar-refractivity contribution in [2.75, 3.05) is 34.5 Å². The van der Waals surface area contributed by atoms with Crippen LogP contribution in [-0.2, 0) is 27.1 Å². The Morgan fingerprint density at radius 1 is 0.846 bits per heavy atom. The lowest BCUT2D eigenvalue weighted by Gasteiger charge is -2.38. The fraction of sp³-hybridized carbons (Fsp3) is 0.536. The molecule has 0 saturated carbocycles. The van der Waals surface area contributed by atoms with Crippen molar-refractivity contribution in [3.05, 3.63) is 47.5 Å². The second kappa shape index (κ2) is 13.8. The minimum absolute atomic E-state index is 0.0652. The quantitative estimate of drug-likeness (QED) is 0.296. The molecule has 0 bridgehead atoms. The third-order valence-corrected chi connectivity index (χ3v) is 7.09. The van der Waals surface area contributed by atoms with Gasteiger partial charge in [0.05, 0.1) is 46.6 Å². The molecule has 0 aromatic heterocycles. The van der Waals surface area contributed by atoms with E-state index in [1.54, 1.807) is 39.3 Å². The molecule has 39 heavy (non-hydrogen) atoms. The number of carbonyl (C=O) groups is 1. The zero-order chi connectivity index (χ0) is 28.7. The average molecular weight is 551 g/mol. The van der Waals surface area contributed by atoms with Gasteiger partial charge in [-0.3, -0.25) is 4.79 Å². The van der Waals surface area contributed by atoms with E-state index in [0.717, 1.165) is 11.1 Å². The van der Waals surface area contributed by atoms with Crippen LogP contribution in [0.25, 0.3) is 0 Å². The maximum Gasteiger partial charge on any atom is 0.309 e. The topological polar surface area (TPSA) is 164 Å². The Bertz CT molecular complexity index is 1090. The summed E-state index contributed by atoms with van der Waals surface area (Å²) in [6, 6.07) is 10.9. The molecule has 2 aromatic carbocycles. The number of hydrogen-bond donors (Lipinski definition) is 5. The molecule has 0 spiro atoms. The SMILES string of the molecule is CC1OC(CO)C(O)C(O)C1O.COc1cc(C[C@H]2C(=O)OC[C@@H]2Cc2ccc(OC)c(OC)c2)ccc1O. The number of rotatable bonds is 8. The number of phenols is 1. The molecule has 2 aromatic rings. The van der Waals surface area contributed by atoms with E-state index in [4.69, 9.17) is 28.8 Å². The van der Waals surface area contributed by atoms with Crippen molar-refractivity contribution in [2.24, 2.45) is 11.8 Å². The predicted molar refractivity (Wildman–Crippen MR) is 139 cm³/mol. The van der Waals surface area contributed by atoms with Gasteiger partial charge in [-0.15, -0.1) is 0 Å². The van der Waals surface area contributed by atoms with E-state index in [1.807, 2.05) is 18.2 Å². The van der Waals surface area contributed by atoms with Gasteiger partial charge in [0.2, 0.25) is 0 Å². The summed E-state index contributed by atoms with van der Waals surface area (Å²) in [5, 5.41) is 46.1. The molecule has 2 aliphatic rings. The van der Waals surface area contributed by atoms with Gasteiger partial charge < -0.3 is 49.2 Å². The monoisotopic (exact) mass is 550 g/mol. The summed E-state index contributed by atoms with van der Waals surface area (Å²) in [5.74, 6) is 1.45. The first-order valence-electron chi connectivity index (χ1n) is 12.7. The van der Waals surface area contributed by atoms with Crippen molar-refractivity contribution in [3.8, 4) is 23.0 Å². The highest BCUT2D eigenvalue weighted by atomic mass is 16.5. The van der Waals surface area contributed by atoms with Crippen molar-refractivity contribution in [1.29, 1.82) is 0 Å². The molecule has 2 saturated heterocycles. The van der Waals surface area contributed by atoms with Crippen molar-refractivity contribution >= 4 is 5.97 Å². The van der Waals surface area contributed by atoms with E-state index >= 15 is 0 Å². The van der Waals surface area contributed by atoms with Crippen LogP contribution in [0.15, 0.2) is 36.4 Å². The largest absolute Gasteiger partial charge is 0.504 e. The number of cyclic esters (lactones) is 1. The van der Waals surface area contributed by atoms with Crippen LogP contribution in [-0.4, -0.2) is 96.6 Å². The Morgan fingerprint density at radius 2 is 1.46 bits per heavy atom. The van der Waals surface area contributed by atoms with Gasteiger partial charge in [0, 0.05) is 5.92 Å². The number of hydrogen-bond acceptors (Lipinski definition) is 11. The second-order valence-corrected chi connectivity index (χ2v) is 9.63. The number of esters is 1. The van der Waals surface area contributed by atoms with E-state index in [0.29, 0.717) is 36.7 Å². The lowest BCUT2D eigenvalue weighted by Crippen LogP contribution is -2.57. The van der Waals surface area contributed by atoms with Gasteiger partial charge in [0.1, 0.15) is 24.4 Å². The van der Waals surface area contributed by atoms with Gasteiger partial charge >= 0.3 is 5.97 Å². The van der Waals surface area contributed by atoms with E-state index in [1.165, 1.54) is 7.11 Å². The lowest BCUT2D eigenvalue weighted by atomic mass is 9.85. The van der Waals surface area contributed by atoms with Crippen molar-refractivity contribution < 1.29 is 54.0 Å². The van der Waals surface area contributed by atoms with Gasteiger partial charge in [0.15, 0.2) is 23.0 Å². The normalized spacial score (nSPS) is 28.2. The zero-order valence-corrected chi connectivity index (χ0v) is 22.5. The molecule has 2 heterocycles. The number of carbonyl (C=O) groups excluding carboxylic acids is 1. The highest BCUT2D eigenvalue weighted by molar-refractivity contribution is 5.75. The fourth-order valence-electron chi connectivity index (χ4n) is 4.76. The molecule has 5 unspecified atom stereocenters. The predicted octanol–water partition coefficient (Wildman–Crippen LogP) is 0.841. The highest BCUT2D eigenvalue weighted by Gasteiger charge is 2.41. The zero-order valence-electron chi connectivity index (χ0n) is 22.5.